The summed E-state index contributed by atoms with van der Waals surface area (Å²) in [5.41, 5.74) is 0.123. The van der Waals surface area contributed by atoms with Gasteiger partial charge in [0.25, 0.3) is 5.91 Å². The van der Waals surface area contributed by atoms with Gasteiger partial charge in [-0.2, -0.15) is 4.98 Å². The number of ether oxygens (including phenoxy) is 1. The van der Waals surface area contributed by atoms with E-state index in [1.54, 1.807) is 0 Å². The Labute approximate surface area is 147 Å². The van der Waals surface area contributed by atoms with Crippen LogP contribution in [-0.4, -0.2) is 29.1 Å². The molecule has 6 nitrogen and oxygen atoms in total. The van der Waals surface area contributed by atoms with Crippen molar-refractivity contribution in [1.82, 2.24) is 15.5 Å². The van der Waals surface area contributed by atoms with Crippen LogP contribution in [0.1, 0.15) is 53.7 Å². The number of carbonyl (C=O) groups excluding carboxylic acids is 1. The lowest BCUT2D eigenvalue weighted by Gasteiger charge is -2.26. The summed E-state index contributed by atoms with van der Waals surface area (Å²) in [7, 11) is 1.33. The number of hydrogen-bond donors (Lipinski definition) is 1. The average Bonchev–Trinajstić information content (AvgIpc) is 3.08. The molecule has 3 rings (SSSR count). The van der Waals surface area contributed by atoms with Gasteiger partial charge in [0.05, 0.1) is 13.7 Å². The summed E-state index contributed by atoms with van der Waals surface area (Å²) in [6.45, 7) is -0.0393. The van der Waals surface area contributed by atoms with Crippen LogP contribution in [0, 0.1) is 5.82 Å². The van der Waals surface area contributed by atoms with Gasteiger partial charge in [0.15, 0.2) is 17.4 Å². The van der Waals surface area contributed by atoms with Crippen LogP contribution in [0.3, 0.4) is 0 Å². The zero-order valence-electron chi connectivity index (χ0n) is 14.1. The van der Waals surface area contributed by atoms with Crippen LogP contribution in [0.15, 0.2) is 22.7 Å². The number of carbonyl (C=O) groups is 1. The molecule has 0 atom stereocenters. The van der Waals surface area contributed by atoms with E-state index in [0.29, 0.717) is 18.7 Å². The molecule has 2 aromatic rings. The van der Waals surface area contributed by atoms with Crippen molar-refractivity contribution in [2.24, 2.45) is 0 Å². The molecule has 0 radical (unpaired) electrons. The topological polar surface area (TPSA) is 77.2 Å². The number of halogens is 3. The van der Waals surface area contributed by atoms with E-state index in [1.807, 2.05) is 0 Å². The zero-order chi connectivity index (χ0) is 18.7. The summed E-state index contributed by atoms with van der Waals surface area (Å²) in [6.07, 6.45) is 0.204. The molecule has 1 aliphatic carbocycles. The highest BCUT2D eigenvalue weighted by atomic mass is 19.3. The highest BCUT2D eigenvalue weighted by molar-refractivity contribution is 5.94. The van der Waals surface area contributed by atoms with E-state index in [0.717, 1.165) is 6.07 Å². The smallest absolute Gasteiger partial charge is 0.251 e. The van der Waals surface area contributed by atoms with Gasteiger partial charge >= 0.3 is 0 Å². The minimum Gasteiger partial charge on any atom is -0.494 e. The second kappa shape index (κ2) is 7.35. The molecule has 0 aliphatic heterocycles. The van der Waals surface area contributed by atoms with E-state index >= 15 is 0 Å². The molecule has 1 aliphatic rings. The Morgan fingerprint density at radius 1 is 1.38 bits per heavy atom. The number of nitrogens with one attached hydrogen (secondary N) is 1. The van der Waals surface area contributed by atoms with Gasteiger partial charge in [-0.05, 0) is 31.0 Å². The maximum absolute atomic E-state index is 13.6. The molecule has 1 aromatic heterocycles. The van der Waals surface area contributed by atoms with E-state index in [1.165, 1.54) is 19.2 Å². The summed E-state index contributed by atoms with van der Waals surface area (Å²) >= 11 is 0. The molecule has 0 bridgehead atoms. The van der Waals surface area contributed by atoms with Gasteiger partial charge < -0.3 is 14.6 Å². The lowest BCUT2D eigenvalue weighted by Crippen LogP contribution is -2.24. The van der Waals surface area contributed by atoms with Crippen LogP contribution in [0.5, 0.6) is 5.75 Å². The number of hydrogen-bond acceptors (Lipinski definition) is 5. The first kappa shape index (κ1) is 18.2. The molecule has 0 spiro atoms. The molecule has 9 heteroatoms. The third kappa shape index (κ3) is 4.14. The van der Waals surface area contributed by atoms with Gasteiger partial charge in [-0.25, -0.2) is 13.2 Å². The molecule has 1 heterocycles. The van der Waals surface area contributed by atoms with Gasteiger partial charge in [-0.15, -0.1) is 0 Å². The number of benzene rings is 1. The summed E-state index contributed by atoms with van der Waals surface area (Å²) in [4.78, 5) is 16.2. The molecule has 1 fully saturated rings. The predicted molar refractivity (Wildman–Crippen MR) is 84.6 cm³/mol. The van der Waals surface area contributed by atoms with Crippen LogP contribution in [0.2, 0.25) is 0 Å². The normalized spacial score (nSPS) is 17.1. The van der Waals surface area contributed by atoms with Crippen LogP contribution in [0.4, 0.5) is 13.2 Å². The van der Waals surface area contributed by atoms with Crippen molar-refractivity contribution in [2.75, 3.05) is 7.11 Å². The molecular weight excluding hydrogens is 351 g/mol. The SMILES string of the molecule is COc1ccc(C(=O)NCc2nc(C3CCC(F)(F)CC3)no2)cc1F. The first-order valence-electron chi connectivity index (χ1n) is 8.20. The van der Waals surface area contributed by atoms with Gasteiger partial charge in [0, 0.05) is 24.3 Å². The Bertz CT molecular complexity index is 785. The third-order valence-electron chi connectivity index (χ3n) is 4.38. The van der Waals surface area contributed by atoms with E-state index in [-0.39, 0.29) is 42.5 Å². The molecule has 0 unspecified atom stereocenters. The summed E-state index contributed by atoms with van der Waals surface area (Å²) in [6, 6.07) is 3.85. The lowest BCUT2D eigenvalue weighted by atomic mass is 9.86. The van der Waals surface area contributed by atoms with Crippen molar-refractivity contribution in [3.8, 4) is 5.75 Å². The Morgan fingerprint density at radius 2 is 2.12 bits per heavy atom. The number of nitrogens with zero attached hydrogens (tertiary/aromatic N) is 2. The summed E-state index contributed by atoms with van der Waals surface area (Å²) in [5.74, 6) is -3.36. The Balaban J connectivity index is 1.56. The Morgan fingerprint density at radius 3 is 2.77 bits per heavy atom. The maximum Gasteiger partial charge on any atom is 0.251 e. The van der Waals surface area contributed by atoms with Crippen molar-refractivity contribution >= 4 is 5.91 Å². The molecule has 1 amide bonds. The maximum atomic E-state index is 13.6. The fourth-order valence-electron chi connectivity index (χ4n) is 2.87. The molecule has 1 aromatic carbocycles. The molecule has 1 N–H and O–H groups in total. The quantitative estimate of drug-likeness (QED) is 0.874. The summed E-state index contributed by atoms with van der Waals surface area (Å²) < 4.78 is 49.9. The van der Waals surface area contributed by atoms with E-state index in [9.17, 15) is 18.0 Å². The van der Waals surface area contributed by atoms with Crippen molar-refractivity contribution in [3.05, 3.63) is 41.3 Å². The number of aromatic nitrogens is 2. The fourth-order valence-corrected chi connectivity index (χ4v) is 2.87. The first-order valence-corrected chi connectivity index (χ1v) is 8.20. The van der Waals surface area contributed by atoms with E-state index < -0.39 is 17.6 Å². The minimum absolute atomic E-state index is 0.0393. The number of rotatable bonds is 5. The summed E-state index contributed by atoms with van der Waals surface area (Å²) in [5, 5.41) is 6.36. The zero-order valence-corrected chi connectivity index (χ0v) is 14.1. The average molecular weight is 369 g/mol. The van der Waals surface area contributed by atoms with Crippen LogP contribution >= 0.6 is 0 Å². The van der Waals surface area contributed by atoms with Crippen molar-refractivity contribution < 1.29 is 27.2 Å². The van der Waals surface area contributed by atoms with Crippen molar-refractivity contribution in [3.63, 3.8) is 0 Å². The van der Waals surface area contributed by atoms with Crippen LogP contribution < -0.4 is 10.1 Å². The predicted octanol–water partition coefficient (Wildman–Crippen LogP) is 3.44. The second-order valence-corrected chi connectivity index (χ2v) is 6.21. The third-order valence-corrected chi connectivity index (χ3v) is 4.38. The highest BCUT2D eigenvalue weighted by Crippen LogP contribution is 2.39. The molecule has 140 valence electrons. The first-order chi connectivity index (χ1) is 12.4. The van der Waals surface area contributed by atoms with E-state index in [2.05, 4.69) is 15.5 Å². The largest absolute Gasteiger partial charge is 0.494 e. The number of alkyl halides is 2. The highest BCUT2D eigenvalue weighted by Gasteiger charge is 2.36. The number of amides is 1. The Hall–Kier alpha value is -2.58. The van der Waals surface area contributed by atoms with Gasteiger partial charge in [-0.1, -0.05) is 5.16 Å². The molecular formula is C17H18F3N3O3. The monoisotopic (exact) mass is 369 g/mol. The van der Waals surface area contributed by atoms with Crippen LogP contribution in [-0.2, 0) is 6.54 Å². The standard InChI is InChI=1S/C17H18F3N3O3/c1-25-13-3-2-11(8-12(13)18)16(24)21-9-14-22-15(23-26-14)10-4-6-17(19,20)7-5-10/h2-3,8,10H,4-7,9H2,1H3,(H,21,24). The lowest BCUT2D eigenvalue weighted by molar-refractivity contribution is -0.0389. The molecule has 1 saturated carbocycles. The number of methoxy groups -OCH3 is 1. The molecule has 26 heavy (non-hydrogen) atoms. The van der Waals surface area contributed by atoms with Gasteiger partial charge in [0.2, 0.25) is 11.8 Å². The van der Waals surface area contributed by atoms with Crippen LogP contribution in [0.25, 0.3) is 0 Å². The van der Waals surface area contributed by atoms with E-state index in [4.69, 9.17) is 9.26 Å². The molecule has 0 saturated heterocycles. The Kier molecular flexibility index (Phi) is 5.15. The van der Waals surface area contributed by atoms with Gasteiger partial charge in [0.1, 0.15) is 0 Å². The van der Waals surface area contributed by atoms with Gasteiger partial charge in [-0.3, -0.25) is 4.79 Å². The fraction of sp³-hybridized carbons (Fsp3) is 0.471. The minimum atomic E-state index is -2.62. The van der Waals surface area contributed by atoms with Crippen molar-refractivity contribution in [1.29, 1.82) is 0 Å². The second-order valence-electron chi connectivity index (χ2n) is 6.21. The van der Waals surface area contributed by atoms with Crippen molar-refractivity contribution in [2.45, 2.75) is 44.1 Å².